The summed E-state index contributed by atoms with van der Waals surface area (Å²) in [6.07, 6.45) is 0. The normalized spacial score (nSPS) is 11.8. The Morgan fingerprint density at radius 1 is 1.12 bits per heavy atom. The van der Waals surface area contributed by atoms with Crippen LogP contribution in [-0.2, 0) is 10.5 Å². The second-order valence-corrected chi connectivity index (χ2v) is 7.15. The van der Waals surface area contributed by atoms with Crippen LogP contribution < -0.4 is 10.1 Å². The third kappa shape index (κ3) is 5.93. The molecule has 0 aliphatic heterocycles. The van der Waals surface area contributed by atoms with Gasteiger partial charge in [-0.15, -0.1) is 11.8 Å². The second kappa shape index (κ2) is 9.38. The molecule has 0 aliphatic rings. The van der Waals surface area contributed by atoms with Crippen molar-refractivity contribution >= 4 is 17.7 Å². The maximum Gasteiger partial charge on any atom is 0.232 e. The maximum absolute atomic E-state index is 12.1. The molecule has 1 atom stereocenters. The van der Waals surface area contributed by atoms with Gasteiger partial charge in [-0.2, -0.15) is 0 Å². The number of benzene rings is 2. The SMILES string of the molecule is Cc1ccc(OCCNC(=O)[C@H](C)SCc2ccccc2)cc1C. The van der Waals surface area contributed by atoms with Crippen LogP contribution in [0.1, 0.15) is 23.6 Å². The van der Waals surface area contributed by atoms with E-state index in [0.29, 0.717) is 13.2 Å². The minimum absolute atomic E-state index is 0.0552. The first kappa shape index (κ1) is 18.4. The third-order valence-electron chi connectivity index (χ3n) is 3.86. The molecule has 24 heavy (non-hydrogen) atoms. The summed E-state index contributed by atoms with van der Waals surface area (Å²) in [7, 11) is 0. The van der Waals surface area contributed by atoms with Gasteiger partial charge in [-0.3, -0.25) is 4.79 Å². The lowest BCUT2D eigenvalue weighted by atomic mass is 10.1. The van der Waals surface area contributed by atoms with Crippen molar-refractivity contribution in [3.8, 4) is 5.75 Å². The largest absolute Gasteiger partial charge is 0.492 e. The third-order valence-corrected chi connectivity index (χ3v) is 5.07. The minimum atomic E-state index is -0.0770. The number of amides is 1. The van der Waals surface area contributed by atoms with Crippen LogP contribution in [0.3, 0.4) is 0 Å². The number of hydrogen-bond acceptors (Lipinski definition) is 3. The van der Waals surface area contributed by atoms with E-state index >= 15 is 0 Å². The fourth-order valence-corrected chi connectivity index (χ4v) is 3.03. The molecule has 0 saturated carbocycles. The maximum atomic E-state index is 12.1. The molecule has 0 aliphatic carbocycles. The number of nitrogens with one attached hydrogen (secondary N) is 1. The standard InChI is InChI=1S/C20H25NO2S/c1-15-9-10-19(13-16(15)2)23-12-11-21-20(22)17(3)24-14-18-7-5-4-6-8-18/h4-10,13,17H,11-12,14H2,1-3H3,(H,21,22)/t17-/m0/s1. The van der Waals surface area contributed by atoms with Gasteiger partial charge in [-0.05, 0) is 49.6 Å². The number of carbonyl (C=O) groups excluding carboxylic acids is 1. The molecule has 0 saturated heterocycles. The fourth-order valence-electron chi connectivity index (χ4n) is 2.16. The quantitative estimate of drug-likeness (QED) is 0.733. The first-order valence-electron chi connectivity index (χ1n) is 8.19. The fraction of sp³-hybridized carbons (Fsp3) is 0.350. The number of thioether (sulfide) groups is 1. The number of aryl methyl sites for hydroxylation is 2. The van der Waals surface area contributed by atoms with Gasteiger partial charge in [0.25, 0.3) is 0 Å². The lowest BCUT2D eigenvalue weighted by Crippen LogP contribution is -2.34. The second-order valence-electron chi connectivity index (χ2n) is 5.82. The van der Waals surface area contributed by atoms with Crippen LogP contribution in [-0.4, -0.2) is 24.3 Å². The van der Waals surface area contributed by atoms with Crippen molar-refractivity contribution in [2.45, 2.75) is 31.8 Å². The van der Waals surface area contributed by atoms with Crippen LogP contribution in [0.25, 0.3) is 0 Å². The lowest BCUT2D eigenvalue weighted by Gasteiger charge is -2.13. The number of ether oxygens (including phenoxy) is 1. The summed E-state index contributed by atoms with van der Waals surface area (Å²) in [6, 6.07) is 16.2. The van der Waals surface area contributed by atoms with Crippen LogP contribution in [0.5, 0.6) is 5.75 Å². The lowest BCUT2D eigenvalue weighted by molar-refractivity contribution is -0.120. The summed E-state index contributed by atoms with van der Waals surface area (Å²) in [5.74, 6) is 1.74. The highest BCUT2D eigenvalue weighted by molar-refractivity contribution is 7.99. The molecule has 0 unspecified atom stereocenters. The average Bonchev–Trinajstić information content (AvgIpc) is 2.60. The van der Waals surface area contributed by atoms with E-state index in [1.807, 2.05) is 43.3 Å². The van der Waals surface area contributed by atoms with Gasteiger partial charge in [-0.25, -0.2) is 0 Å². The van der Waals surface area contributed by atoms with E-state index in [1.165, 1.54) is 16.7 Å². The van der Waals surface area contributed by atoms with Crippen molar-refractivity contribution in [3.63, 3.8) is 0 Å². The summed E-state index contributed by atoms with van der Waals surface area (Å²) < 4.78 is 5.68. The van der Waals surface area contributed by atoms with Crippen LogP contribution in [0.2, 0.25) is 0 Å². The minimum Gasteiger partial charge on any atom is -0.492 e. The Kier molecular flexibility index (Phi) is 7.19. The molecule has 128 valence electrons. The number of carbonyl (C=O) groups is 1. The van der Waals surface area contributed by atoms with Gasteiger partial charge in [0, 0.05) is 5.75 Å². The Balaban J connectivity index is 1.66. The Morgan fingerprint density at radius 2 is 1.88 bits per heavy atom. The molecule has 1 N–H and O–H groups in total. The predicted octanol–water partition coefficient (Wildman–Crippen LogP) is 4.12. The van der Waals surface area contributed by atoms with Crippen molar-refractivity contribution < 1.29 is 9.53 Å². The average molecular weight is 343 g/mol. The van der Waals surface area contributed by atoms with E-state index in [-0.39, 0.29) is 11.2 Å². The molecule has 0 heterocycles. The van der Waals surface area contributed by atoms with Gasteiger partial charge in [0.1, 0.15) is 12.4 Å². The van der Waals surface area contributed by atoms with Crippen LogP contribution in [0.15, 0.2) is 48.5 Å². The van der Waals surface area contributed by atoms with Crippen molar-refractivity contribution in [2.75, 3.05) is 13.2 Å². The van der Waals surface area contributed by atoms with Gasteiger partial charge in [-0.1, -0.05) is 36.4 Å². The zero-order valence-electron chi connectivity index (χ0n) is 14.5. The Labute approximate surface area is 148 Å². The summed E-state index contributed by atoms with van der Waals surface area (Å²) >= 11 is 1.64. The van der Waals surface area contributed by atoms with Crippen molar-refractivity contribution in [2.24, 2.45) is 0 Å². The van der Waals surface area contributed by atoms with Crippen molar-refractivity contribution in [1.29, 1.82) is 0 Å². The van der Waals surface area contributed by atoms with Crippen molar-refractivity contribution in [3.05, 3.63) is 65.2 Å². The predicted molar refractivity (Wildman–Crippen MR) is 102 cm³/mol. The molecule has 0 spiro atoms. The first-order valence-corrected chi connectivity index (χ1v) is 9.24. The Hall–Kier alpha value is -1.94. The van der Waals surface area contributed by atoms with Crippen LogP contribution in [0.4, 0.5) is 0 Å². The molecule has 2 aromatic rings. The molecule has 0 radical (unpaired) electrons. The number of hydrogen-bond donors (Lipinski definition) is 1. The van der Waals surface area contributed by atoms with E-state index < -0.39 is 0 Å². The molecule has 4 heteroatoms. The first-order chi connectivity index (χ1) is 11.6. The molecule has 0 aromatic heterocycles. The molecular weight excluding hydrogens is 318 g/mol. The highest BCUT2D eigenvalue weighted by Crippen LogP contribution is 2.18. The summed E-state index contributed by atoms with van der Waals surface area (Å²) in [5.41, 5.74) is 3.70. The zero-order valence-corrected chi connectivity index (χ0v) is 15.4. The van der Waals surface area contributed by atoms with Crippen LogP contribution in [0, 0.1) is 13.8 Å². The summed E-state index contributed by atoms with van der Waals surface area (Å²) in [4.78, 5) is 12.1. The highest BCUT2D eigenvalue weighted by Gasteiger charge is 2.12. The van der Waals surface area contributed by atoms with E-state index in [4.69, 9.17) is 4.74 Å². The van der Waals surface area contributed by atoms with Gasteiger partial charge in [0.15, 0.2) is 0 Å². The van der Waals surface area contributed by atoms with Gasteiger partial charge < -0.3 is 10.1 Å². The van der Waals surface area contributed by atoms with Gasteiger partial charge in [0.2, 0.25) is 5.91 Å². The topological polar surface area (TPSA) is 38.3 Å². The molecular formula is C20H25NO2S. The molecule has 2 aromatic carbocycles. The van der Waals surface area contributed by atoms with Crippen LogP contribution >= 0.6 is 11.8 Å². The zero-order chi connectivity index (χ0) is 17.4. The molecule has 0 bridgehead atoms. The van der Waals surface area contributed by atoms with Crippen molar-refractivity contribution in [1.82, 2.24) is 5.32 Å². The van der Waals surface area contributed by atoms with E-state index in [0.717, 1.165) is 11.5 Å². The smallest absolute Gasteiger partial charge is 0.232 e. The summed E-state index contributed by atoms with van der Waals surface area (Å²) in [6.45, 7) is 7.07. The monoisotopic (exact) mass is 343 g/mol. The van der Waals surface area contributed by atoms with Gasteiger partial charge >= 0.3 is 0 Å². The molecule has 3 nitrogen and oxygen atoms in total. The molecule has 0 fully saturated rings. The van der Waals surface area contributed by atoms with Gasteiger partial charge in [0.05, 0.1) is 11.8 Å². The van der Waals surface area contributed by atoms with E-state index in [2.05, 4.69) is 31.3 Å². The number of rotatable bonds is 8. The van der Waals surface area contributed by atoms with E-state index in [9.17, 15) is 4.79 Å². The summed E-state index contributed by atoms with van der Waals surface area (Å²) in [5, 5.41) is 2.85. The Morgan fingerprint density at radius 3 is 2.58 bits per heavy atom. The Bertz CT molecular complexity index is 658. The highest BCUT2D eigenvalue weighted by atomic mass is 32.2. The van der Waals surface area contributed by atoms with E-state index in [1.54, 1.807) is 11.8 Å². The molecule has 1 amide bonds. The molecule has 2 rings (SSSR count).